The lowest BCUT2D eigenvalue weighted by Gasteiger charge is -2.34. The van der Waals surface area contributed by atoms with Crippen molar-refractivity contribution >= 4 is 26.7 Å². The summed E-state index contributed by atoms with van der Waals surface area (Å²) in [6.45, 7) is 9.11. The summed E-state index contributed by atoms with van der Waals surface area (Å²) >= 11 is 0. The molecule has 0 saturated heterocycles. The highest BCUT2D eigenvalue weighted by atomic mass is 31.1. The minimum absolute atomic E-state index is 0.0554. The fourth-order valence-electron chi connectivity index (χ4n) is 4.45. The van der Waals surface area contributed by atoms with Crippen molar-refractivity contribution in [2.24, 2.45) is 5.92 Å². The van der Waals surface area contributed by atoms with Gasteiger partial charge in [-0.15, -0.1) is 0 Å². The Labute approximate surface area is 161 Å². The zero-order chi connectivity index (χ0) is 18.7. The van der Waals surface area contributed by atoms with Crippen LogP contribution in [0.25, 0.3) is 0 Å². The molecular weight excluding hydrogens is 354 g/mol. The molecule has 0 bridgehead atoms. The molecule has 0 heterocycles. The first-order chi connectivity index (χ1) is 12.4. The third-order valence-electron chi connectivity index (χ3n) is 5.78. The summed E-state index contributed by atoms with van der Waals surface area (Å²) in [5, 5.41) is 2.99. The number of hydrogen-bond acceptors (Lipinski definition) is 1. The summed E-state index contributed by atoms with van der Waals surface area (Å²) in [4.78, 5) is 11.1. The van der Waals surface area contributed by atoms with Gasteiger partial charge in [-0.1, -0.05) is 67.6 Å². The second kappa shape index (κ2) is 8.52. The Morgan fingerprint density at radius 1 is 0.923 bits per heavy atom. The summed E-state index contributed by atoms with van der Waals surface area (Å²) in [7, 11) is -1.77. The van der Waals surface area contributed by atoms with Crippen LogP contribution in [0.15, 0.2) is 60.7 Å². The lowest BCUT2D eigenvalue weighted by molar-refractivity contribution is 0.493. The van der Waals surface area contributed by atoms with E-state index in [9.17, 15) is 4.89 Å². The molecule has 1 aliphatic rings. The summed E-state index contributed by atoms with van der Waals surface area (Å²) in [6.07, 6.45) is 3.76. The van der Waals surface area contributed by atoms with Gasteiger partial charge in [0.25, 0.3) is 0 Å². The third kappa shape index (κ3) is 4.39. The molecule has 3 unspecified atom stereocenters. The van der Waals surface area contributed by atoms with E-state index in [-0.39, 0.29) is 5.16 Å². The van der Waals surface area contributed by atoms with Crippen LogP contribution in [0.3, 0.4) is 0 Å². The molecule has 2 aromatic rings. The Bertz CT molecular complexity index is 641. The topological polar surface area (TPSA) is 20.2 Å². The van der Waals surface area contributed by atoms with Gasteiger partial charge in [-0.05, 0) is 64.2 Å². The standard InChI is InChI=1S/C23H32OP2/c1-18(21-16-11-17-22(21)26(24)23(2,3)4)25(19-12-7-5-8-13-19)20-14-9-6-10-15-20/h5-10,12-15,18,21-22,24H,11,16-17H2,1-4H3/p+1/t18-,21?,22?,26?/m1/s1. The van der Waals surface area contributed by atoms with E-state index in [2.05, 4.69) is 88.4 Å². The minimum atomic E-state index is -1.36. The highest BCUT2D eigenvalue weighted by molar-refractivity contribution is 7.73. The van der Waals surface area contributed by atoms with E-state index >= 15 is 0 Å². The van der Waals surface area contributed by atoms with E-state index in [1.54, 1.807) is 0 Å². The van der Waals surface area contributed by atoms with Crippen molar-refractivity contribution in [2.75, 3.05) is 0 Å². The van der Waals surface area contributed by atoms with Gasteiger partial charge < -0.3 is 0 Å². The molecule has 1 fully saturated rings. The maximum Gasteiger partial charge on any atom is 0.137 e. The lowest BCUT2D eigenvalue weighted by Crippen LogP contribution is -2.32. The Kier molecular flexibility index (Phi) is 6.55. The Morgan fingerprint density at radius 2 is 1.42 bits per heavy atom. The molecule has 0 aromatic heterocycles. The molecule has 3 rings (SSSR count). The predicted molar refractivity (Wildman–Crippen MR) is 120 cm³/mol. The van der Waals surface area contributed by atoms with E-state index in [4.69, 9.17) is 0 Å². The van der Waals surface area contributed by atoms with Gasteiger partial charge in [0.2, 0.25) is 0 Å². The van der Waals surface area contributed by atoms with Crippen LogP contribution in [0.2, 0.25) is 0 Å². The lowest BCUT2D eigenvalue weighted by atomic mass is 10.0. The molecule has 0 amide bonds. The van der Waals surface area contributed by atoms with Crippen molar-refractivity contribution in [3.05, 3.63) is 60.7 Å². The average Bonchev–Trinajstić information content (AvgIpc) is 3.12. The average molecular weight is 387 g/mol. The maximum atomic E-state index is 11.1. The van der Waals surface area contributed by atoms with Crippen LogP contribution in [0.1, 0.15) is 47.0 Å². The molecule has 3 heteroatoms. The molecule has 0 radical (unpaired) electrons. The third-order valence-corrected chi connectivity index (χ3v) is 11.6. The maximum absolute atomic E-state index is 11.1. The molecule has 2 aromatic carbocycles. The van der Waals surface area contributed by atoms with E-state index in [1.165, 1.54) is 29.9 Å². The van der Waals surface area contributed by atoms with Crippen LogP contribution in [-0.4, -0.2) is 21.4 Å². The second-order valence-electron chi connectivity index (χ2n) is 8.62. The molecule has 4 atom stereocenters. The fourth-order valence-corrected chi connectivity index (χ4v) is 10.0. The van der Waals surface area contributed by atoms with Gasteiger partial charge in [-0.3, -0.25) is 4.89 Å². The summed E-state index contributed by atoms with van der Waals surface area (Å²) in [5.74, 6) is 0.639. The van der Waals surface area contributed by atoms with Crippen LogP contribution in [-0.2, 0) is 0 Å². The highest BCUT2D eigenvalue weighted by Crippen LogP contribution is 2.60. The molecule has 1 N–H and O–H groups in total. The normalized spacial score (nSPS) is 23.2. The SMILES string of the molecule is C[C@H](C1CCCC1[PH+](O)C(C)(C)C)P(c1ccccc1)c1ccccc1. The quantitative estimate of drug-likeness (QED) is 0.663. The number of hydrogen-bond donors (Lipinski definition) is 1. The van der Waals surface area contributed by atoms with Gasteiger partial charge in [0.15, 0.2) is 0 Å². The van der Waals surface area contributed by atoms with Crippen molar-refractivity contribution in [3.8, 4) is 0 Å². The van der Waals surface area contributed by atoms with Gasteiger partial charge in [0.05, 0.1) is 10.8 Å². The van der Waals surface area contributed by atoms with Gasteiger partial charge >= 0.3 is 0 Å². The molecule has 140 valence electrons. The van der Waals surface area contributed by atoms with E-state index in [0.717, 1.165) is 0 Å². The summed E-state index contributed by atoms with van der Waals surface area (Å²) in [6, 6.07) is 22.1. The van der Waals surface area contributed by atoms with Crippen LogP contribution in [0, 0.1) is 5.92 Å². The number of benzene rings is 2. The van der Waals surface area contributed by atoms with Crippen LogP contribution >= 0.6 is 16.1 Å². The van der Waals surface area contributed by atoms with Crippen LogP contribution in [0.5, 0.6) is 0 Å². The molecule has 0 spiro atoms. The first kappa shape index (κ1) is 20.0. The van der Waals surface area contributed by atoms with Crippen molar-refractivity contribution in [3.63, 3.8) is 0 Å². The molecule has 0 aliphatic heterocycles. The first-order valence-corrected chi connectivity index (χ1v) is 12.8. The first-order valence-electron chi connectivity index (χ1n) is 9.85. The van der Waals surface area contributed by atoms with Gasteiger partial charge in [0, 0.05) is 5.92 Å². The Hall–Kier alpha value is -0.740. The number of rotatable bonds is 5. The van der Waals surface area contributed by atoms with Gasteiger partial charge in [-0.25, -0.2) is 0 Å². The van der Waals surface area contributed by atoms with Crippen LogP contribution in [0.4, 0.5) is 0 Å². The highest BCUT2D eigenvalue weighted by Gasteiger charge is 2.48. The van der Waals surface area contributed by atoms with Crippen molar-refractivity contribution in [1.29, 1.82) is 0 Å². The molecule has 1 saturated carbocycles. The van der Waals surface area contributed by atoms with Crippen LogP contribution < -0.4 is 10.6 Å². The molecule has 26 heavy (non-hydrogen) atoms. The van der Waals surface area contributed by atoms with E-state index in [1.807, 2.05) is 0 Å². The summed E-state index contributed by atoms with van der Waals surface area (Å²) < 4.78 is 0. The Morgan fingerprint density at radius 3 is 1.88 bits per heavy atom. The van der Waals surface area contributed by atoms with Crippen molar-refractivity contribution in [2.45, 2.75) is 63.4 Å². The largest absolute Gasteiger partial charge is 0.253 e. The minimum Gasteiger partial charge on any atom is -0.253 e. The monoisotopic (exact) mass is 387 g/mol. The smallest absolute Gasteiger partial charge is 0.137 e. The van der Waals surface area contributed by atoms with Gasteiger partial charge in [0.1, 0.15) is 8.15 Å². The second-order valence-corrected chi connectivity index (χ2v) is 14.2. The molecule has 1 nitrogen and oxygen atoms in total. The molecular formula is C23H33OP2+. The van der Waals surface area contributed by atoms with Gasteiger partial charge in [-0.2, -0.15) is 0 Å². The zero-order valence-electron chi connectivity index (χ0n) is 16.5. The van der Waals surface area contributed by atoms with E-state index in [0.29, 0.717) is 17.2 Å². The molecule has 1 aliphatic carbocycles. The summed E-state index contributed by atoms with van der Waals surface area (Å²) in [5.41, 5.74) is 1.12. The van der Waals surface area contributed by atoms with E-state index < -0.39 is 16.1 Å². The Balaban J connectivity index is 1.94. The van der Waals surface area contributed by atoms with Crippen molar-refractivity contribution < 1.29 is 4.89 Å². The zero-order valence-corrected chi connectivity index (χ0v) is 18.4. The predicted octanol–water partition coefficient (Wildman–Crippen LogP) is 5.60. The fraction of sp³-hybridized carbons (Fsp3) is 0.478. The van der Waals surface area contributed by atoms with Crippen molar-refractivity contribution in [1.82, 2.24) is 0 Å².